The van der Waals surface area contributed by atoms with E-state index in [0.717, 1.165) is 10.9 Å². The Morgan fingerprint density at radius 3 is 2.62 bits per heavy atom. The van der Waals surface area contributed by atoms with Crippen molar-refractivity contribution < 1.29 is 14.7 Å². The molecule has 3 N–H and O–H groups in total. The Balaban J connectivity index is 2.47. The Morgan fingerprint density at radius 1 is 1.33 bits per heavy atom. The zero-order valence-electron chi connectivity index (χ0n) is 12.2. The summed E-state index contributed by atoms with van der Waals surface area (Å²) < 4.78 is 0.879. The van der Waals surface area contributed by atoms with E-state index in [1.165, 1.54) is 0 Å². The highest BCUT2D eigenvalue weighted by Gasteiger charge is 2.16. The number of rotatable bonds is 7. The Bertz CT molecular complexity index is 492. The zero-order valence-corrected chi connectivity index (χ0v) is 13.8. The molecule has 0 bridgehead atoms. The quantitative estimate of drug-likeness (QED) is 0.696. The van der Waals surface area contributed by atoms with E-state index in [4.69, 9.17) is 5.11 Å². The van der Waals surface area contributed by atoms with Gasteiger partial charge in [0, 0.05) is 23.1 Å². The molecule has 2 amide bonds. The third-order valence-corrected chi connectivity index (χ3v) is 3.40. The van der Waals surface area contributed by atoms with E-state index in [9.17, 15) is 9.59 Å². The number of amides is 2. The summed E-state index contributed by atoms with van der Waals surface area (Å²) in [6.07, 6.45) is 0.832. The summed E-state index contributed by atoms with van der Waals surface area (Å²) in [7, 11) is 0. The van der Waals surface area contributed by atoms with Crippen LogP contribution in [0.1, 0.15) is 26.7 Å². The zero-order chi connectivity index (χ0) is 15.8. The van der Waals surface area contributed by atoms with Crippen molar-refractivity contribution in [3.63, 3.8) is 0 Å². The minimum absolute atomic E-state index is 0.0595. The first-order valence-electron chi connectivity index (χ1n) is 6.89. The van der Waals surface area contributed by atoms with Gasteiger partial charge < -0.3 is 15.7 Å². The summed E-state index contributed by atoms with van der Waals surface area (Å²) in [4.78, 5) is 22.6. The highest BCUT2D eigenvalue weighted by molar-refractivity contribution is 9.10. The van der Waals surface area contributed by atoms with Crippen LogP contribution in [0.2, 0.25) is 0 Å². The van der Waals surface area contributed by atoms with E-state index in [-0.39, 0.29) is 18.4 Å². The lowest BCUT2D eigenvalue weighted by molar-refractivity contribution is -0.138. The van der Waals surface area contributed by atoms with Crippen LogP contribution in [-0.2, 0) is 4.79 Å². The maximum absolute atomic E-state index is 11.8. The normalized spacial score (nSPS) is 12.0. The lowest BCUT2D eigenvalue weighted by Gasteiger charge is -2.18. The van der Waals surface area contributed by atoms with Gasteiger partial charge in [-0.1, -0.05) is 35.8 Å². The van der Waals surface area contributed by atoms with Crippen LogP contribution in [0, 0.1) is 11.8 Å². The van der Waals surface area contributed by atoms with E-state index in [0.29, 0.717) is 18.2 Å². The average Bonchev–Trinajstić information content (AvgIpc) is 2.34. The topological polar surface area (TPSA) is 78.4 Å². The van der Waals surface area contributed by atoms with Gasteiger partial charge in [-0.05, 0) is 36.5 Å². The van der Waals surface area contributed by atoms with Crippen molar-refractivity contribution in [1.82, 2.24) is 5.32 Å². The molecule has 0 aliphatic rings. The molecular weight excluding hydrogens is 336 g/mol. The molecule has 0 fully saturated rings. The molecule has 1 rings (SSSR count). The molecule has 0 saturated carbocycles. The minimum Gasteiger partial charge on any atom is -0.481 e. The molecule has 116 valence electrons. The van der Waals surface area contributed by atoms with Gasteiger partial charge in [0.1, 0.15) is 0 Å². The third kappa shape index (κ3) is 7.70. The highest BCUT2D eigenvalue weighted by Crippen LogP contribution is 2.16. The molecule has 0 aliphatic heterocycles. The predicted octanol–water partition coefficient (Wildman–Crippen LogP) is 3.71. The molecule has 1 aromatic carbocycles. The summed E-state index contributed by atoms with van der Waals surface area (Å²) in [5.74, 6) is -0.505. The molecule has 0 radical (unpaired) electrons. The number of nitrogens with one attached hydrogen (secondary N) is 2. The first-order valence-corrected chi connectivity index (χ1v) is 7.68. The predicted molar refractivity (Wildman–Crippen MR) is 86.4 cm³/mol. The van der Waals surface area contributed by atoms with Crippen molar-refractivity contribution in [3.8, 4) is 0 Å². The standard InChI is InChI=1S/C15H21BrN2O3/c1-10(2)6-11(7-14(19)20)9-17-15(21)18-13-5-3-4-12(16)8-13/h3-5,8,10-11H,6-7,9H2,1-2H3,(H,19,20)(H2,17,18,21)/t11-/m0/s1. The number of carbonyl (C=O) groups excluding carboxylic acids is 1. The summed E-state index contributed by atoms with van der Waals surface area (Å²) >= 11 is 3.33. The average molecular weight is 357 g/mol. The van der Waals surface area contributed by atoms with E-state index < -0.39 is 5.97 Å². The number of carboxylic acids is 1. The second-order valence-electron chi connectivity index (χ2n) is 5.44. The molecule has 21 heavy (non-hydrogen) atoms. The minimum atomic E-state index is -0.838. The molecule has 0 spiro atoms. The van der Waals surface area contributed by atoms with Crippen LogP contribution in [0.25, 0.3) is 0 Å². The number of hydrogen-bond donors (Lipinski definition) is 3. The van der Waals surface area contributed by atoms with Gasteiger partial charge in [-0.25, -0.2) is 4.79 Å². The van der Waals surface area contributed by atoms with Gasteiger partial charge >= 0.3 is 12.0 Å². The summed E-state index contributed by atoms with van der Waals surface area (Å²) in [6, 6.07) is 6.95. The largest absolute Gasteiger partial charge is 0.481 e. The number of carbonyl (C=O) groups is 2. The lowest BCUT2D eigenvalue weighted by Crippen LogP contribution is -2.34. The molecule has 1 atom stereocenters. The molecule has 0 aromatic heterocycles. The van der Waals surface area contributed by atoms with Crippen molar-refractivity contribution in [2.24, 2.45) is 11.8 Å². The Labute approximate surface area is 133 Å². The van der Waals surface area contributed by atoms with Crippen molar-refractivity contribution in [3.05, 3.63) is 28.7 Å². The van der Waals surface area contributed by atoms with Gasteiger partial charge in [0.15, 0.2) is 0 Å². The van der Waals surface area contributed by atoms with E-state index in [2.05, 4.69) is 26.6 Å². The van der Waals surface area contributed by atoms with Crippen LogP contribution in [0.4, 0.5) is 10.5 Å². The first-order chi connectivity index (χ1) is 9.86. The fourth-order valence-corrected chi connectivity index (χ4v) is 2.53. The summed E-state index contributed by atoms with van der Waals surface area (Å²) in [5, 5.41) is 14.3. The van der Waals surface area contributed by atoms with Crippen molar-refractivity contribution >= 4 is 33.6 Å². The van der Waals surface area contributed by atoms with Crippen molar-refractivity contribution in [2.45, 2.75) is 26.7 Å². The van der Waals surface area contributed by atoms with Crippen LogP contribution in [0.15, 0.2) is 28.7 Å². The molecule has 0 aliphatic carbocycles. The monoisotopic (exact) mass is 356 g/mol. The van der Waals surface area contributed by atoms with E-state index in [1.807, 2.05) is 26.0 Å². The fourth-order valence-electron chi connectivity index (χ4n) is 2.13. The van der Waals surface area contributed by atoms with Gasteiger partial charge in [0.25, 0.3) is 0 Å². The first kappa shape index (κ1) is 17.5. The fraction of sp³-hybridized carbons (Fsp3) is 0.467. The van der Waals surface area contributed by atoms with E-state index >= 15 is 0 Å². The molecule has 0 unspecified atom stereocenters. The number of hydrogen-bond acceptors (Lipinski definition) is 2. The number of benzene rings is 1. The third-order valence-electron chi connectivity index (χ3n) is 2.90. The van der Waals surface area contributed by atoms with Gasteiger partial charge in [-0.15, -0.1) is 0 Å². The summed E-state index contributed by atoms with van der Waals surface area (Å²) in [5.41, 5.74) is 0.681. The van der Waals surface area contributed by atoms with Crippen molar-refractivity contribution in [1.29, 1.82) is 0 Å². The maximum Gasteiger partial charge on any atom is 0.319 e. The number of aliphatic carboxylic acids is 1. The van der Waals surface area contributed by atoms with Crippen LogP contribution in [-0.4, -0.2) is 23.7 Å². The molecule has 1 aromatic rings. The summed E-state index contributed by atoms with van der Waals surface area (Å²) in [6.45, 7) is 4.43. The number of carboxylic acid groups (broad SMARTS) is 1. The molecule has 0 heterocycles. The maximum atomic E-state index is 11.8. The molecule has 0 saturated heterocycles. The molecular formula is C15H21BrN2O3. The SMILES string of the molecule is CC(C)C[C@H](CNC(=O)Nc1cccc(Br)c1)CC(=O)O. The Hall–Kier alpha value is -1.56. The Morgan fingerprint density at radius 2 is 2.05 bits per heavy atom. The molecule has 5 nitrogen and oxygen atoms in total. The molecule has 6 heteroatoms. The van der Waals surface area contributed by atoms with E-state index in [1.54, 1.807) is 12.1 Å². The van der Waals surface area contributed by atoms with Crippen molar-refractivity contribution in [2.75, 3.05) is 11.9 Å². The van der Waals surface area contributed by atoms with Gasteiger partial charge in [-0.3, -0.25) is 4.79 Å². The lowest BCUT2D eigenvalue weighted by atomic mass is 9.94. The second-order valence-corrected chi connectivity index (χ2v) is 6.35. The highest BCUT2D eigenvalue weighted by atomic mass is 79.9. The Kier molecular flexibility index (Phi) is 7.22. The van der Waals surface area contributed by atoms with Crippen LogP contribution >= 0.6 is 15.9 Å². The van der Waals surface area contributed by atoms with Gasteiger partial charge in [-0.2, -0.15) is 0 Å². The number of halogens is 1. The van der Waals surface area contributed by atoms with Gasteiger partial charge in [0.2, 0.25) is 0 Å². The van der Waals surface area contributed by atoms with Crippen LogP contribution < -0.4 is 10.6 Å². The smallest absolute Gasteiger partial charge is 0.319 e. The van der Waals surface area contributed by atoms with Crippen LogP contribution in [0.3, 0.4) is 0 Å². The number of urea groups is 1. The van der Waals surface area contributed by atoms with Gasteiger partial charge in [0.05, 0.1) is 0 Å². The van der Waals surface area contributed by atoms with Crippen LogP contribution in [0.5, 0.6) is 0 Å². The second kappa shape index (κ2) is 8.67. The number of anilines is 1.